The second-order valence-corrected chi connectivity index (χ2v) is 6.00. The number of carbonyl (C=O) groups is 2. The van der Waals surface area contributed by atoms with E-state index in [-0.39, 0.29) is 17.9 Å². The van der Waals surface area contributed by atoms with Crippen LogP contribution in [0.4, 0.5) is 5.69 Å². The fourth-order valence-electron chi connectivity index (χ4n) is 2.43. The molecule has 0 bridgehead atoms. The first-order valence-electron chi connectivity index (χ1n) is 7.00. The maximum Gasteiger partial charge on any atom is 0.254 e. The van der Waals surface area contributed by atoms with Crippen molar-refractivity contribution < 1.29 is 9.59 Å². The van der Waals surface area contributed by atoms with E-state index in [0.29, 0.717) is 5.56 Å². The number of benzene rings is 1. The number of carbonyl (C=O) groups excluding carboxylic acids is 2. The van der Waals surface area contributed by atoms with Crippen LogP contribution in [0.5, 0.6) is 0 Å². The fraction of sp³-hybridized carbons (Fsp3) is 0.467. The molecule has 2 N–H and O–H groups in total. The van der Waals surface area contributed by atoms with Gasteiger partial charge < -0.3 is 15.5 Å². The summed E-state index contributed by atoms with van der Waals surface area (Å²) in [6.07, 6.45) is 1.93. The zero-order valence-electron chi connectivity index (χ0n) is 12.6. The lowest BCUT2D eigenvalue weighted by Crippen LogP contribution is -2.52. The Balaban J connectivity index is 2.23. The van der Waals surface area contributed by atoms with Crippen molar-refractivity contribution in [2.45, 2.75) is 24.8 Å². The van der Waals surface area contributed by atoms with Crippen molar-refractivity contribution in [3.05, 3.63) is 23.8 Å². The van der Waals surface area contributed by atoms with Crippen molar-refractivity contribution in [1.82, 2.24) is 10.2 Å². The maximum atomic E-state index is 12.6. The smallest absolute Gasteiger partial charge is 0.254 e. The molecule has 1 atom stereocenters. The van der Waals surface area contributed by atoms with E-state index in [1.807, 2.05) is 24.1 Å². The van der Waals surface area contributed by atoms with Gasteiger partial charge in [0.15, 0.2) is 0 Å². The molecule has 6 heteroatoms. The minimum absolute atomic E-state index is 0.0497. The highest BCUT2D eigenvalue weighted by Gasteiger charge is 2.24. The van der Waals surface area contributed by atoms with E-state index in [9.17, 15) is 9.59 Å². The second kappa shape index (κ2) is 6.95. The van der Waals surface area contributed by atoms with Gasteiger partial charge >= 0.3 is 0 Å². The molecule has 0 radical (unpaired) electrons. The van der Waals surface area contributed by atoms with Crippen LogP contribution in [0.2, 0.25) is 0 Å². The van der Waals surface area contributed by atoms with Crippen LogP contribution in [0.3, 0.4) is 0 Å². The molecule has 1 aliphatic heterocycles. The molecule has 2 rings (SSSR count). The number of rotatable bonds is 3. The summed E-state index contributed by atoms with van der Waals surface area (Å²) in [5.41, 5.74) is 1.42. The van der Waals surface area contributed by atoms with Crippen LogP contribution in [0, 0.1) is 0 Å². The zero-order chi connectivity index (χ0) is 15.4. The Morgan fingerprint density at radius 3 is 2.81 bits per heavy atom. The Morgan fingerprint density at radius 1 is 1.43 bits per heavy atom. The zero-order valence-corrected chi connectivity index (χ0v) is 13.4. The lowest BCUT2D eigenvalue weighted by molar-refractivity contribution is -0.114. The molecule has 1 aromatic carbocycles. The highest BCUT2D eigenvalue weighted by molar-refractivity contribution is 7.98. The van der Waals surface area contributed by atoms with Gasteiger partial charge in [0.2, 0.25) is 5.91 Å². The van der Waals surface area contributed by atoms with E-state index in [1.165, 1.54) is 18.7 Å². The molecule has 1 aliphatic rings. The summed E-state index contributed by atoms with van der Waals surface area (Å²) in [6, 6.07) is 5.63. The van der Waals surface area contributed by atoms with Gasteiger partial charge in [0.25, 0.3) is 5.91 Å². The Bertz CT molecular complexity index is 548. The Labute approximate surface area is 129 Å². The third-order valence-corrected chi connectivity index (χ3v) is 4.30. The van der Waals surface area contributed by atoms with Crippen LogP contribution in [0.25, 0.3) is 0 Å². The first kappa shape index (κ1) is 15.9. The van der Waals surface area contributed by atoms with Crippen molar-refractivity contribution >= 4 is 29.3 Å². The van der Waals surface area contributed by atoms with Crippen molar-refractivity contribution in [2.24, 2.45) is 0 Å². The largest absolute Gasteiger partial charge is 0.333 e. The SMILES string of the molecule is CSc1cc(C(=O)N2CCNC[C@H]2C)ccc1NC(C)=O. The Hall–Kier alpha value is -1.53. The van der Waals surface area contributed by atoms with Gasteiger partial charge in [-0.25, -0.2) is 0 Å². The molecule has 5 nitrogen and oxygen atoms in total. The molecule has 114 valence electrons. The van der Waals surface area contributed by atoms with Crippen molar-refractivity contribution in [3.63, 3.8) is 0 Å². The van der Waals surface area contributed by atoms with E-state index in [1.54, 1.807) is 12.1 Å². The van der Waals surface area contributed by atoms with Gasteiger partial charge in [-0.15, -0.1) is 11.8 Å². The highest BCUT2D eigenvalue weighted by Crippen LogP contribution is 2.27. The summed E-state index contributed by atoms with van der Waals surface area (Å²) >= 11 is 1.52. The summed E-state index contributed by atoms with van der Waals surface area (Å²) in [6.45, 7) is 5.90. The average molecular weight is 307 g/mol. The molecule has 2 amide bonds. The molecule has 0 aliphatic carbocycles. The van der Waals surface area contributed by atoms with E-state index in [2.05, 4.69) is 10.6 Å². The first-order valence-corrected chi connectivity index (χ1v) is 8.22. The monoisotopic (exact) mass is 307 g/mol. The van der Waals surface area contributed by atoms with E-state index >= 15 is 0 Å². The number of nitrogens with one attached hydrogen (secondary N) is 2. The van der Waals surface area contributed by atoms with Crippen LogP contribution < -0.4 is 10.6 Å². The number of amides is 2. The maximum absolute atomic E-state index is 12.6. The molecule has 0 aromatic heterocycles. The van der Waals surface area contributed by atoms with Gasteiger partial charge in [0.1, 0.15) is 0 Å². The predicted molar refractivity (Wildman–Crippen MR) is 85.9 cm³/mol. The summed E-state index contributed by atoms with van der Waals surface area (Å²) in [5, 5.41) is 6.06. The molecule has 0 spiro atoms. The minimum atomic E-state index is -0.111. The minimum Gasteiger partial charge on any atom is -0.333 e. The Kier molecular flexibility index (Phi) is 5.25. The van der Waals surface area contributed by atoms with E-state index in [4.69, 9.17) is 0 Å². The van der Waals surface area contributed by atoms with Gasteiger partial charge in [-0.2, -0.15) is 0 Å². The standard InChI is InChI=1S/C15H21N3O2S/c1-10-9-16-6-7-18(10)15(20)12-4-5-13(17-11(2)19)14(8-12)21-3/h4-5,8,10,16H,6-7,9H2,1-3H3,(H,17,19)/t10-/m1/s1. The number of thioether (sulfide) groups is 1. The molecule has 21 heavy (non-hydrogen) atoms. The summed E-state index contributed by atoms with van der Waals surface area (Å²) < 4.78 is 0. The highest BCUT2D eigenvalue weighted by atomic mass is 32.2. The molecule has 1 fully saturated rings. The molecule has 1 saturated heterocycles. The van der Waals surface area contributed by atoms with Gasteiger partial charge in [-0.1, -0.05) is 0 Å². The molecule has 1 heterocycles. The second-order valence-electron chi connectivity index (χ2n) is 5.15. The topological polar surface area (TPSA) is 61.4 Å². The van der Waals surface area contributed by atoms with Crippen LogP contribution >= 0.6 is 11.8 Å². The third kappa shape index (κ3) is 3.77. The average Bonchev–Trinajstić information content (AvgIpc) is 2.47. The van der Waals surface area contributed by atoms with Gasteiger partial charge in [0, 0.05) is 43.1 Å². The van der Waals surface area contributed by atoms with Gasteiger partial charge in [-0.05, 0) is 31.4 Å². The number of anilines is 1. The summed E-state index contributed by atoms with van der Waals surface area (Å²) in [5.74, 6) is -0.0613. The summed E-state index contributed by atoms with van der Waals surface area (Å²) in [4.78, 5) is 26.6. The lowest BCUT2D eigenvalue weighted by atomic mass is 10.1. The molecule has 0 saturated carbocycles. The third-order valence-electron chi connectivity index (χ3n) is 3.52. The normalized spacial score (nSPS) is 18.4. The molecular weight excluding hydrogens is 286 g/mol. The number of hydrogen-bond acceptors (Lipinski definition) is 4. The summed E-state index contributed by atoms with van der Waals surface area (Å²) in [7, 11) is 0. The van der Waals surface area contributed by atoms with Crippen molar-refractivity contribution in [3.8, 4) is 0 Å². The number of nitrogens with zero attached hydrogens (tertiary/aromatic N) is 1. The van der Waals surface area contributed by atoms with Crippen LogP contribution in [0.1, 0.15) is 24.2 Å². The molecule has 1 aromatic rings. The lowest BCUT2D eigenvalue weighted by Gasteiger charge is -2.34. The number of hydrogen-bond donors (Lipinski definition) is 2. The fourth-order valence-corrected chi connectivity index (χ4v) is 3.01. The Morgan fingerprint density at radius 2 is 2.19 bits per heavy atom. The van der Waals surface area contributed by atoms with Crippen LogP contribution in [-0.4, -0.2) is 48.6 Å². The van der Waals surface area contributed by atoms with E-state index in [0.717, 1.165) is 30.2 Å². The van der Waals surface area contributed by atoms with Crippen molar-refractivity contribution in [2.75, 3.05) is 31.2 Å². The number of piperazine rings is 1. The van der Waals surface area contributed by atoms with Crippen molar-refractivity contribution in [1.29, 1.82) is 0 Å². The molecule has 0 unspecified atom stereocenters. The quantitative estimate of drug-likeness (QED) is 0.836. The van der Waals surface area contributed by atoms with Gasteiger partial charge in [-0.3, -0.25) is 9.59 Å². The van der Waals surface area contributed by atoms with Crippen LogP contribution in [0.15, 0.2) is 23.1 Å². The molecular formula is C15H21N3O2S. The first-order chi connectivity index (χ1) is 10.0. The van der Waals surface area contributed by atoms with Crippen LogP contribution in [-0.2, 0) is 4.79 Å². The van der Waals surface area contributed by atoms with E-state index < -0.39 is 0 Å². The van der Waals surface area contributed by atoms with Gasteiger partial charge in [0.05, 0.1) is 5.69 Å². The predicted octanol–water partition coefficient (Wildman–Crippen LogP) is 1.80.